The molecular weight excluding hydrogens is 925 g/mol. The summed E-state index contributed by atoms with van der Waals surface area (Å²) in [6.45, 7) is 5.12. The molecule has 74 heavy (non-hydrogen) atoms. The van der Waals surface area contributed by atoms with Gasteiger partial charge in [-0.1, -0.05) is 177 Å². The first-order valence-corrected chi connectivity index (χ1v) is 27.8. The number of rotatable bonds is 26. The third-order valence-electron chi connectivity index (χ3n) is 14.5. The van der Waals surface area contributed by atoms with Crippen LogP contribution in [0.4, 0.5) is 11.4 Å². The molecule has 0 aliphatic heterocycles. The molecule has 10 nitrogen and oxygen atoms in total. The first kappa shape index (κ1) is 58.4. The number of carbonyl (C=O) groups is 4. The van der Waals surface area contributed by atoms with E-state index in [-0.39, 0.29) is 34.4 Å². The van der Waals surface area contributed by atoms with Crippen molar-refractivity contribution in [2.75, 3.05) is 9.80 Å². The van der Waals surface area contributed by atoms with Gasteiger partial charge in [0.15, 0.2) is 0 Å². The molecule has 2 aliphatic rings. The van der Waals surface area contributed by atoms with Crippen molar-refractivity contribution in [1.82, 2.24) is 0 Å². The predicted molar refractivity (Wildman–Crippen MR) is 298 cm³/mol. The summed E-state index contributed by atoms with van der Waals surface area (Å²) in [6, 6.07) is 24.5. The van der Waals surface area contributed by atoms with E-state index >= 15 is 0 Å². The van der Waals surface area contributed by atoms with Crippen LogP contribution < -0.4 is 9.80 Å². The SMILES string of the molecule is CCCCCCCCC#Cc1ccc(CN(C(=O)CCC2CCCC2)c2ccc(O)c(C(=O)O)c2)cc1.CCCCCCCCC#Cc1ccc(CN(C(=O)CCC2CCCC2)c2ccc(O)c(C(=O)O)c2)cc1. The Labute approximate surface area is 442 Å². The molecular formula is C64H82N2O8. The van der Waals surface area contributed by atoms with E-state index in [1.54, 1.807) is 21.9 Å². The minimum absolute atomic E-state index is 0.0308. The number of phenols is 2. The lowest BCUT2D eigenvalue weighted by molar-refractivity contribution is -0.119. The molecule has 2 aliphatic carbocycles. The highest BCUT2D eigenvalue weighted by Gasteiger charge is 2.24. The summed E-state index contributed by atoms with van der Waals surface area (Å²) in [4.78, 5) is 53.1. The van der Waals surface area contributed by atoms with Crippen molar-refractivity contribution in [3.63, 3.8) is 0 Å². The molecule has 0 spiro atoms. The van der Waals surface area contributed by atoms with Crippen LogP contribution >= 0.6 is 0 Å². The summed E-state index contributed by atoms with van der Waals surface area (Å²) >= 11 is 0. The van der Waals surface area contributed by atoms with E-state index in [2.05, 4.69) is 37.5 Å². The van der Waals surface area contributed by atoms with Crippen LogP contribution in [0.3, 0.4) is 0 Å². The fourth-order valence-electron chi connectivity index (χ4n) is 9.97. The van der Waals surface area contributed by atoms with Crippen LogP contribution in [0.2, 0.25) is 0 Å². The maximum Gasteiger partial charge on any atom is 0.339 e. The highest BCUT2D eigenvalue weighted by molar-refractivity contribution is 5.98. The lowest BCUT2D eigenvalue weighted by Gasteiger charge is -2.24. The van der Waals surface area contributed by atoms with E-state index in [4.69, 9.17) is 0 Å². The van der Waals surface area contributed by atoms with Gasteiger partial charge in [-0.15, -0.1) is 0 Å². The molecule has 0 unspecified atom stereocenters. The lowest BCUT2D eigenvalue weighted by Crippen LogP contribution is -2.30. The zero-order valence-electron chi connectivity index (χ0n) is 44.4. The Morgan fingerprint density at radius 1 is 0.486 bits per heavy atom. The van der Waals surface area contributed by atoms with Gasteiger partial charge in [-0.2, -0.15) is 0 Å². The molecule has 0 heterocycles. The van der Waals surface area contributed by atoms with Crippen LogP contribution in [-0.4, -0.2) is 44.2 Å². The summed E-state index contributed by atoms with van der Waals surface area (Å²) < 4.78 is 0. The normalized spacial score (nSPS) is 13.2. The minimum atomic E-state index is -1.22. The molecule has 4 aromatic carbocycles. The van der Waals surface area contributed by atoms with Gasteiger partial charge in [0.2, 0.25) is 11.8 Å². The number of unbranched alkanes of at least 4 members (excludes halogenated alkanes) is 12. The van der Waals surface area contributed by atoms with E-state index in [0.29, 0.717) is 49.1 Å². The number of carboxylic acid groups (broad SMARTS) is 2. The molecule has 2 saturated carbocycles. The van der Waals surface area contributed by atoms with Gasteiger partial charge in [-0.3, -0.25) is 9.59 Å². The van der Waals surface area contributed by atoms with Crippen molar-refractivity contribution >= 4 is 35.1 Å². The van der Waals surface area contributed by atoms with Crippen LogP contribution in [0.1, 0.15) is 224 Å². The Morgan fingerprint density at radius 2 is 0.838 bits per heavy atom. The second-order valence-electron chi connectivity index (χ2n) is 20.4. The smallest absolute Gasteiger partial charge is 0.339 e. The predicted octanol–water partition coefficient (Wildman–Crippen LogP) is 15.4. The van der Waals surface area contributed by atoms with Crippen molar-refractivity contribution in [3.8, 4) is 35.2 Å². The fraction of sp³-hybridized carbons (Fsp3) is 0.500. The van der Waals surface area contributed by atoms with Crippen molar-refractivity contribution in [2.45, 2.75) is 194 Å². The number of amides is 2. The molecule has 4 aromatic rings. The van der Waals surface area contributed by atoms with Crippen LogP contribution in [0.5, 0.6) is 11.5 Å². The first-order valence-electron chi connectivity index (χ1n) is 27.8. The summed E-state index contributed by atoms with van der Waals surface area (Å²) in [5.74, 6) is 11.1. The largest absolute Gasteiger partial charge is 0.507 e. The van der Waals surface area contributed by atoms with E-state index < -0.39 is 11.9 Å². The van der Waals surface area contributed by atoms with Crippen molar-refractivity contribution < 1.29 is 39.6 Å². The Balaban J connectivity index is 0.000000274. The molecule has 4 N–H and O–H groups in total. The number of hydrogen-bond donors (Lipinski definition) is 4. The van der Waals surface area contributed by atoms with Crippen LogP contribution in [0.15, 0.2) is 84.9 Å². The zero-order valence-corrected chi connectivity index (χ0v) is 44.4. The minimum Gasteiger partial charge on any atom is -0.507 e. The Kier molecular flexibility index (Phi) is 25.7. The average Bonchev–Trinajstić information content (AvgIpc) is 4.14. The fourth-order valence-corrected chi connectivity index (χ4v) is 9.97. The van der Waals surface area contributed by atoms with E-state index in [9.17, 15) is 39.6 Å². The third kappa shape index (κ3) is 20.4. The molecule has 0 radical (unpaired) electrons. The lowest BCUT2D eigenvalue weighted by atomic mass is 10.0. The van der Waals surface area contributed by atoms with Gasteiger partial charge in [0.1, 0.15) is 22.6 Å². The molecule has 396 valence electrons. The number of carbonyl (C=O) groups excluding carboxylic acids is 2. The molecule has 0 atom stereocenters. The van der Waals surface area contributed by atoms with Crippen molar-refractivity contribution in [1.29, 1.82) is 0 Å². The van der Waals surface area contributed by atoms with E-state index in [0.717, 1.165) is 60.8 Å². The molecule has 2 fully saturated rings. The van der Waals surface area contributed by atoms with E-state index in [1.165, 1.54) is 140 Å². The topological polar surface area (TPSA) is 156 Å². The van der Waals surface area contributed by atoms with Gasteiger partial charge in [0, 0.05) is 48.2 Å². The highest BCUT2D eigenvalue weighted by Crippen LogP contribution is 2.33. The molecule has 2 amide bonds. The summed E-state index contributed by atoms with van der Waals surface area (Å²) in [6.07, 6.45) is 29.1. The summed E-state index contributed by atoms with van der Waals surface area (Å²) in [5.41, 5.74) is 4.34. The monoisotopic (exact) mass is 1010 g/mol. The first-order chi connectivity index (χ1) is 35.9. The quantitative estimate of drug-likeness (QED) is 0.0358. The van der Waals surface area contributed by atoms with Gasteiger partial charge >= 0.3 is 11.9 Å². The maximum absolute atomic E-state index is 13.3. The standard InChI is InChI=1S/2C32H41NO4/c2*1-2-3-4-5-6-7-8-9-12-26-15-17-27(18-16-26)24-33(31(35)22-19-25-13-10-11-14-25)28-20-21-30(34)29(23-28)32(36)37/h2*15-18,20-21,23,25,34H,2-8,10-11,13-14,19,22,24H2,1H3,(H,36,37). The van der Waals surface area contributed by atoms with Crippen LogP contribution in [-0.2, 0) is 22.7 Å². The molecule has 0 aromatic heterocycles. The molecule has 0 bridgehead atoms. The number of carboxylic acids is 2. The average molecular weight is 1010 g/mol. The number of benzene rings is 4. The number of anilines is 2. The van der Waals surface area contributed by atoms with Gasteiger partial charge in [-0.05, 0) is 109 Å². The van der Waals surface area contributed by atoms with Crippen molar-refractivity contribution in [3.05, 3.63) is 118 Å². The Bertz CT molecular complexity index is 2320. The van der Waals surface area contributed by atoms with Crippen LogP contribution in [0, 0.1) is 35.5 Å². The van der Waals surface area contributed by atoms with Gasteiger partial charge in [0.25, 0.3) is 0 Å². The Morgan fingerprint density at radius 3 is 1.19 bits per heavy atom. The number of aromatic hydroxyl groups is 2. The van der Waals surface area contributed by atoms with Crippen molar-refractivity contribution in [2.24, 2.45) is 11.8 Å². The third-order valence-corrected chi connectivity index (χ3v) is 14.5. The van der Waals surface area contributed by atoms with Gasteiger partial charge in [-0.25, -0.2) is 9.59 Å². The number of nitrogens with zero attached hydrogens (tertiary/aromatic N) is 2. The summed E-state index contributed by atoms with van der Waals surface area (Å²) in [7, 11) is 0. The highest BCUT2D eigenvalue weighted by atomic mass is 16.4. The second kappa shape index (κ2) is 32.6. The zero-order chi connectivity index (χ0) is 52.9. The second-order valence-corrected chi connectivity index (χ2v) is 20.4. The Hall–Kier alpha value is -6.52. The molecule has 0 saturated heterocycles. The number of aromatic carboxylic acids is 2. The van der Waals surface area contributed by atoms with E-state index in [1.807, 2.05) is 48.5 Å². The van der Waals surface area contributed by atoms with Gasteiger partial charge < -0.3 is 30.2 Å². The van der Waals surface area contributed by atoms with Crippen LogP contribution in [0.25, 0.3) is 0 Å². The van der Waals surface area contributed by atoms with Gasteiger partial charge in [0.05, 0.1) is 13.1 Å². The molecule has 6 rings (SSSR count). The maximum atomic E-state index is 13.3. The summed E-state index contributed by atoms with van der Waals surface area (Å²) in [5, 5.41) is 38.8. The molecule has 10 heteroatoms. The number of hydrogen-bond acceptors (Lipinski definition) is 6.